The molecule has 25 heavy (non-hydrogen) atoms. The van der Waals surface area contributed by atoms with Crippen LogP contribution in [0.3, 0.4) is 0 Å². The predicted molar refractivity (Wildman–Crippen MR) is 91.4 cm³/mol. The van der Waals surface area contributed by atoms with Gasteiger partial charge >= 0.3 is 11.6 Å². The molecule has 0 radical (unpaired) electrons. The summed E-state index contributed by atoms with van der Waals surface area (Å²) < 4.78 is 1.59. The topological polar surface area (TPSA) is 119 Å². The average Bonchev–Trinajstić information content (AvgIpc) is 2.55. The number of amides is 1. The quantitative estimate of drug-likeness (QED) is 0.399. The van der Waals surface area contributed by atoms with Crippen molar-refractivity contribution in [3.05, 3.63) is 44.8 Å². The van der Waals surface area contributed by atoms with Gasteiger partial charge in [0.2, 0.25) is 5.78 Å². The van der Waals surface area contributed by atoms with Crippen LogP contribution < -0.4 is 11.2 Å². The minimum Gasteiger partial charge on any atom is -0.287 e. The molecule has 130 valence electrons. The Morgan fingerprint density at radius 3 is 2.48 bits per heavy atom. The number of aliphatic imine (C=N–C) groups is 1. The van der Waals surface area contributed by atoms with Gasteiger partial charge in [0.1, 0.15) is 17.4 Å². The molecule has 1 aliphatic heterocycles. The molecule has 0 fully saturated rings. The van der Waals surface area contributed by atoms with Crippen LogP contribution in [-0.4, -0.2) is 51.0 Å². The fourth-order valence-corrected chi connectivity index (χ4v) is 2.17. The maximum atomic E-state index is 12.7. The van der Waals surface area contributed by atoms with E-state index in [1.807, 2.05) is 0 Å². The van der Waals surface area contributed by atoms with Gasteiger partial charge in [0.05, 0.1) is 0 Å². The van der Waals surface area contributed by atoms with E-state index in [1.165, 1.54) is 20.2 Å². The van der Waals surface area contributed by atoms with Crippen LogP contribution in [0.5, 0.6) is 0 Å². The van der Waals surface area contributed by atoms with Crippen molar-refractivity contribution in [1.82, 2.24) is 19.4 Å². The first-order valence-electron chi connectivity index (χ1n) is 7.09. The first kappa shape index (κ1) is 17.9. The molecule has 10 heteroatoms. The van der Waals surface area contributed by atoms with Crippen LogP contribution in [0.2, 0.25) is 0 Å². The molecular formula is C15H16N6O4. The molecule has 0 aliphatic carbocycles. The van der Waals surface area contributed by atoms with E-state index in [4.69, 9.17) is 0 Å². The van der Waals surface area contributed by atoms with Crippen molar-refractivity contribution >= 4 is 30.4 Å². The van der Waals surface area contributed by atoms with Crippen LogP contribution >= 0.6 is 0 Å². The summed E-state index contributed by atoms with van der Waals surface area (Å²) in [5.74, 6) is -3.10. The van der Waals surface area contributed by atoms with Crippen molar-refractivity contribution in [3.63, 3.8) is 0 Å². The Kier molecular flexibility index (Phi) is 4.72. The molecule has 1 aromatic heterocycles. The van der Waals surface area contributed by atoms with Gasteiger partial charge in [-0.05, 0) is 19.7 Å². The number of likely N-dealkylation sites (N-methyl/N-ethyl adjacent to an activating group) is 1. The molecule has 2 heterocycles. The van der Waals surface area contributed by atoms with Crippen LogP contribution in [-0.2, 0) is 16.6 Å². The van der Waals surface area contributed by atoms with Gasteiger partial charge in [0, 0.05) is 20.3 Å². The standard InChI is InChI=1S/C15H16N6O4/c1-8(2)6-10(16-3)21-13(23)11(18-20(5)15(21)25)9-7-17-19(4)14(24)12(9)22/h6-7,9H,1,3H2,2,4-5H3/b10-6+. The van der Waals surface area contributed by atoms with Crippen LogP contribution in [0.15, 0.2) is 37.9 Å². The highest BCUT2D eigenvalue weighted by atomic mass is 16.2. The van der Waals surface area contributed by atoms with Crippen molar-refractivity contribution in [3.8, 4) is 0 Å². The second-order valence-electron chi connectivity index (χ2n) is 5.37. The highest BCUT2D eigenvalue weighted by Gasteiger charge is 2.35. The molecule has 1 aliphatic rings. The normalized spacial score (nSPS) is 17.8. The second kappa shape index (κ2) is 6.59. The summed E-state index contributed by atoms with van der Waals surface area (Å²) in [6.45, 7) is 8.65. The van der Waals surface area contributed by atoms with E-state index in [9.17, 15) is 19.2 Å². The summed E-state index contributed by atoms with van der Waals surface area (Å²) in [6, 6.07) is 0. The number of aryl methyl sites for hydroxylation is 1. The van der Waals surface area contributed by atoms with Crippen LogP contribution in [0.25, 0.3) is 5.82 Å². The van der Waals surface area contributed by atoms with Gasteiger partial charge < -0.3 is 0 Å². The SMILES string of the molecule is C=N/C(=C\C(=C)C)n1c(=O)c(C2C=NN(C)C(=O)C2=O)nn(C)c1=O. The Labute approximate surface area is 142 Å². The van der Waals surface area contributed by atoms with Crippen LogP contribution in [0.4, 0.5) is 0 Å². The second-order valence-corrected chi connectivity index (χ2v) is 5.37. The molecule has 10 nitrogen and oxygen atoms in total. The molecule has 2 rings (SSSR count). The van der Waals surface area contributed by atoms with Crippen LogP contribution in [0, 0.1) is 0 Å². The summed E-state index contributed by atoms with van der Waals surface area (Å²) in [7, 11) is 2.62. The first-order valence-corrected chi connectivity index (χ1v) is 7.09. The number of hydrogen-bond acceptors (Lipinski definition) is 7. The lowest BCUT2D eigenvalue weighted by atomic mass is 10.00. The number of rotatable bonds is 4. The lowest BCUT2D eigenvalue weighted by Gasteiger charge is -2.19. The summed E-state index contributed by atoms with van der Waals surface area (Å²) in [6.07, 6.45) is 2.51. The lowest BCUT2D eigenvalue weighted by Crippen LogP contribution is -2.46. The minimum atomic E-state index is -1.29. The first-order chi connectivity index (χ1) is 11.7. The summed E-state index contributed by atoms with van der Waals surface area (Å²) in [4.78, 5) is 52.7. The molecule has 0 N–H and O–H groups in total. The highest BCUT2D eigenvalue weighted by Crippen LogP contribution is 2.14. The zero-order chi connectivity index (χ0) is 18.9. The van der Waals surface area contributed by atoms with Crippen LogP contribution in [0.1, 0.15) is 18.5 Å². The van der Waals surface area contributed by atoms with Gasteiger partial charge in [0.15, 0.2) is 0 Å². The Morgan fingerprint density at radius 1 is 1.28 bits per heavy atom. The summed E-state index contributed by atoms with van der Waals surface area (Å²) in [5.41, 5.74) is -1.45. The third kappa shape index (κ3) is 3.13. The maximum Gasteiger partial charge on any atom is 0.353 e. The van der Waals surface area contributed by atoms with Gasteiger partial charge in [-0.1, -0.05) is 12.2 Å². The Hall–Kier alpha value is -3.43. The summed E-state index contributed by atoms with van der Waals surface area (Å²) >= 11 is 0. The Bertz CT molecular complexity index is 965. The van der Waals surface area contributed by atoms with Crippen molar-refractivity contribution in [2.75, 3.05) is 7.05 Å². The van der Waals surface area contributed by atoms with E-state index < -0.39 is 28.9 Å². The van der Waals surface area contributed by atoms with E-state index in [0.29, 0.717) is 10.1 Å². The van der Waals surface area contributed by atoms with E-state index in [-0.39, 0.29) is 11.5 Å². The number of Topliss-reactive ketones (excluding diaryl/α,β-unsaturated/α-hetero) is 1. The fraction of sp³-hybridized carbons (Fsp3) is 0.267. The van der Waals surface area contributed by atoms with Gasteiger partial charge in [-0.25, -0.2) is 24.0 Å². The minimum absolute atomic E-state index is 0.0645. The molecule has 1 unspecified atom stereocenters. The molecular weight excluding hydrogens is 328 g/mol. The summed E-state index contributed by atoms with van der Waals surface area (Å²) in [5, 5.41) is 8.45. The van der Waals surface area contributed by atoms with Crippen molar-refractivity contribution in [2.45, 2.75) is 12.8 Å². The largest absolute Gasteiger partial charge is 0.353 e. The molecule has 0 aromatic carbocycles. The smallest absolute Gasteiger partial charge is 0.287 e. The molecule has 1 aromatic rings. The van der Waals surface area contributed by atoms with Gasteiger partial charge in [-0.3, -0.25) is 14.4 Å². The number of carbonyl (C=O) groups excluding carboxylic acids is 2. The van der Waals surface area contributed by atoms with E-state index in [1.54, 1.807) is 6.92 Å². The fourth-order valence-electron chi connectivity index (χ4n) is 2.17. The zero-order valence-corrected chi connectivity index (χ0v) is 14.0. The number of nitrogens with zero attached hydrogens (tertiary/aromatic N) is 6. The average molecular weight is 344 g/mol. The number of hydrogen-bond donors (Lipinski definition) is 0. The maximum absolute atomic E-state index is 12.7. The molecule has 0 spiro atoms. The number of hydrazone groups is 1. The third-order valence-electron chi connectivity index (χ3n) is 3.39. The van der Waals surface area contributed by atoms with Crippen molar-refractivity contribution in [1.29, 1.82) is 0 Å². The molecule has 0 saturated carbocycles. The number of aromatic nitrogens is 3. The van der Waals surface area contributed by atoms with E-state index in [0.717, 1.165) is 15.9 Å². The Balaban J connectivity index is 2.78. The number of ketones is 1. The third-order valence-corrected chi connectivity index (χ3v) is 3.39. The van der Waals surface area contributed by atoms with E-state index >= 15 is 0 Å². The lowest BCUT2D eigenvalue weighted by molar-refractivity contribution is -0.144. The predicted octanol–water partition coefficient (Wildman–Crippen LogP) is -0.872. The number of carbonyl (C=O) groups is 2. The molecule has 1 atom stereocenters. The Morgan fingerprint density at radius 2 is 1.92 bits per heavy atom. The molecule has 1 amide bonds. The van der Waals surface area contributed by atoms with Crippen molar-refractivity contribution < 1.29 is 9.59 Å². The van der Waals surface area contributed by atoms with Gasteiger partial charge in [0.25, 0.3) is 5.56 Å². The van der Waals surface area contributed by atoms with E-state index in [2.05, 4.69) is 28.5 Å². The van der Waals surface area contributed by atoms with Crippen molar-refractivity contribution in [2.24, 2.45) is 17.1 Å². The molecule has 0 bridgehead atoms. The van der Waals surface area contributed by atoms with Gasteiger partial charge in [-0.2, -0.15) is 10.2 Å². The molecule has 0 saturated heterocycles. The monoisotopic (exact) mass is 344 g/mol. The highest BCUT2D eigenvalue weighted by molar-refractivity contribution is 6.42. The number of allylic oxidation sites excluding steroid dienone is 2. The zero-order valence-electron chi connectivity index (χ0n) is 14.0. The van der Waals surface area contributed by atoms with Gasteiger partial charge in [-0.15, -0.1) is 0 Å².